The molecule has 1 atom stereocenters. The van der Waals surface area contributed by atoms with Crippen LogP contribution in [0.3, 0.4) is 0 Å². The van der Waals surface area contributed by atoms with Crippen molar-refractivity contribution >= 4 is 5.91 Å². The summed E-state index contributed by atoms with van der Waals surface area (Å²) < 4.78 is 5.19. The second-order valence-electron chi connectivity index (χ2n) is 3.60. The smallest absolute Gasteiger partial charge is 0.264 e. The van der Waals surface area contributed by atoms with Crippen LogP contribution in [0.25, 0.3) is 0 Å². The predicted molar refractivity (Wildman–Crippen MR) is 50.0 cm³/mol. The molecule has 4 nitrogen and oxygen atoms in total. The van der Waals surface area contributed by atoms with Crippen molar-refractivity contribution in [2.45, 2.75) is 31.9 Å². The number of rotatable bonds is 3. The summed E-state index contributed by atoms with van der Waals surface area (Å²) in [5, 5.41) is 0. The first-order valence-electron chi connectivity index (χ1n) is 4.71. The SMILES string of the molecule is COC(C)(C(N)=O)N1CCCCC1. The van der Waals surface area contributed by atoms with Gasteiger partial charge in [0.1, 0.15) is 0 Å². The van der Waals surface area contributed by atoms with E-state index >= 15 is 0 Å². The number of piperidine rings is 1. The Hall–Kier alpha value is -0.610. The molecule has 1 unspecified atom stereocenters. The minimum absolute atomic E-state index is 0.406. The molecular weight excluding hydrogens is 168 g/mol. The van der Waals surface area contributed by atoms with Gasteiger partial charge in [0.2, 0.25) is 0 Å². The number of ether oxygens (including phenoxy) is 1. The molecule has 0 radical (unpaired) electrons. The first-order valence-corrected chi connectivity index (χ1v) is 4.71. The lowest BCUT2D eigenvalue weighted by Crippen LogP contribution is -2.58. The summed E-state index contributed by atoms with van der Waals surface area (Å²) in [6.45, 7) is 3.53. The fourth-order valence-corrected chi connectivity index (χ4v) is 1.71. The third-order valence-electron chi connectivity index (χ3n) is 2.81. The van der Waals surface area contributed by atoms with Gasteiger partial charge in [0.05, 0.1) is 0 Å². The Morgan fingerprint density at radius 1 is 1.38 bits per heavy atom. The van der Waals surface area contributed by atoms with Gasteiger partial charge < -0.3 is 10.5 Å². The average Bonchev–Trinajstić information content (AvgIpc) is 2.17. The van der Waals surface area contributed by atoms with Crippen molar-refractivity contribution in [2.24, 2.45) is 5.73 Å². The number of nitrogens with zero attached hydrogens (tertiary/aromatic N) is 1. The third kappa shape index (κ3) is 2.00. The van der Waals surface area contributed by atoms with E-state index in [0.29, 0.717) is 0 Å². The van der Waals surface area contributed by atoms with Crippen LogP contribution in [0.5, 0.6) is 0 Å². The monoisotopic (exact) mass is 186 g/mol. The normalized spacial score (nSPS) is 23.8. The molecular formula is C9H18N2O2. The fourth-order valence-electron chi connectivity index (χ4n) is 1.71. The second-order valence-corrected chi connectivity index (χ2v) is 3.60. The van der Waals surface area contributed by atoms with Crippen LogP contribution in [0, 0.1) is 0 Å². The molecule has 0 aromatic heterocycles. The highest BCUT2D eigenvalue weighted by Crippen LogP contribution is 2.20. The Bertz CT molecular complexity index is 190. The van der Waals surface area contributed by atoms with Gasteiger partial charge in [-0.2, -0.15) is 0 Å². The molecule has 1 amide bonds. The topological polar surface area (TPSA) is 55.6 Å². The van der Waals surface area contributed by atoms with Gasteiger partial charge in [0.25, 0.3) is 5.91 Å². The molecule has 0 aromatic rings. The number of hydrogen-bond donors (Lipinski definition) is 1. The molecule has 0 aliphatic carbocycles. The number of nitrogens with two attached hydrogens (primary N) is 1. The van der Waals surface area contributed by atoms with Crippen molar-refractivity contribution in [3.8, 4) is 0 Å². The van der Waals surface area contributed by atoms with Gasteiger partial charge in [-0.25, -0.2) is 0 Å². The van der Waals surface area contributed by atoms with Crippen LogP contribution in [-0.2, 0) is 9.53 Å². The average molecular weight is 186 g/mol. The molecule has 2 N–H and O–H groups in total. The van der Waals surface area contributed by atoms with Crippen LogP contribution in [0.4, 0.5) is 0 Å². The van der Waals surface area contributed by atoms with Gasteiger partial charge >= 0.3 is 0 Å². The maximum Gasteiger partial charge on any atom is 0.264 e. The van der Waals surface area contributed by atoms with Gasteiger partial charge in [-0.3, -0.25) is 9.69 Å². The Kier molecular flexibility index (Phi) is 3.27. The molecule has 13 heavy (non-hydrogen) atoms. The van der Waals surface area contributed by atoms with E-state index in [9.17, 15) is 4.79 Å². The zero-order valence-electron chi connectivity index (χ0n) is 8.38. The number of carbonyl (C=O) groups excluding carboxylic acids is 1. The number of primary amides is 1. The second kappa shape index (κ2) is 4.07. The number of methoxy groups -OCH3 is 1. The van der Waals surface area contributed by atoms with Crippen LogP contribution in [0.2, 0.25) is 0 Å². The van der Waals surface area contributed by atoms with Gasteiger partial charge in [-0.05, 0) is 19.8 Å². The summed E-state index contributed by atoms with van der Waals surface area (Å²) in [6, 6.07) is 0. The predicted octanol–water partition coefficient (Wildman–Crippen LogP) is 0.320. The molecule has 1 aliphatic heterocycles. The van der Waals surface area contributed by atoms with E-state index in [1.807, 2.05) is 4.90 Å². The fraction of sp³-hybridized carbons (Fsp3) is 0.889. The largest absolute Gasteiger partial charge is 0.366 e. The quantitative estimate of drug-likeness (QED) is 0.690. The van der Waals surface area contributed by atoms with Crippen LogP contribution >= 0.6 is 0 Å². The minimum Gasteiger partial charge on any atom is -0.366 e. The molecule has 0 saturated carbocycles. The van der Waals surface area contributed by atoms with Crippen molar-refractivity contribution in [3.05, 3.63) is 0 Å². The Morgan fingerprint density at radius 2 is 1.92 bits per heavy atom. The van der Waals surface area contributed by atoms with Crippen LogP contribution in [0.1, 0.15) is 26.2 Å². The molecule has 1 fully saturated rings. The van der Waals surface area contributed by atoms with E-state index in [4.69, 9.17) is 10.5 Å². The van der Waals surface area contributed by atoms with E-state index in [0.717, 1.165) is 25.9 Å². The Labute approximate surface area is 79.0 Å². The third-order valence-corrected chi connectivity index (χ3v) is 2.81. The maximum absolute atomic E-state index is 11.2. The maximum atomic E-state index is 11.2. The molecule has 0 bridgehead atoms. The van der Waals surface area contributed by atoms with Crippen LogP contribution in [0.15, 0.2) is 0 Å². The van der Waals surface area contributed by atoms with E-state index in [-0.39, 0.29) is 0 Å². The highest BCUT2D eigenvalue weighted by Gasteiger charge is 2.38. The first kappa shape index (κ1) is 10.5. The molecule has 4 heteroatoms. The summed E-state index contributed by atoms with van der Waals surface area (Å²) in [4.78, 5) is 13.2. The molecule has 1 rings (SSSR count). The van der Waals surface area contributed by atoms with Crippen molar-refractivity contribution in [1.82, 2.24) is 4.90 Å². The van der Waals surface area contributed by atoms with Crippen molar-refractivity contribution < 1.29 is 9.53 Å². The highest BCUT2D eigenvalue weighted by molar-refractivity contribution is 5.82. The lowest BCUT2D eigenvalue weighted by molar-refractivity contribution is -0.166. The number of likely N-dealkylation sites (tertiary alicyclic amines) is 1. The van der Waals surface area contributed by atoms with Gasteiger partial charge in [-0.15, -0.1) is 0 Å². The first-order chi connectivity index (χ1) is 6.11. The van der Waals surface area contributed by atoms with Crippen molar-refractivity contribution in [3.63, 3.8) is 0 Å². The summed E-state index contributed by atoms with van der Waals surface area (Å²) in [7, 11) is 1.53. The highest BCUT2D eigenvalue weighted by atomic mass is 16.5. The number of amides is 1. The Balaban J connectivity index is 2.68. The molecule has 1 heterocycles. The number of carbonyl (C=O) groups is 1. The lowest BCUT2D eigenvalue weighted by Gasteiger charge is -2.39. The van der Waals surface area contributed by atoms with E-state index in [2.05, 4.69) is 0 Å². The minimum atomic E-state index is -0.916. The molecule has 1 aliphatic rings. The molecule has 0 spiro atoms. The van der Waals surface area contributed by atoms with Gasteiger partial charge in [-0.1, -0.05) is 6.42 Å². The molecule has 0 aromatic carbocycles. The van der Waals surface area contributed by atoms with Gasteiger partial charge in [0, 0.05) is 20.2 Å². The van der Waals surface area contributed by atoms with Crippen LogP contribution < -0.4 is 5.73 Å². The Morgan fingerprint density at radius 3 is 2.31 bits per heavy atom. The van der Waals surface area contributed by atoms with E-state index in [1.54, 1.807) is 6.92 Å². The summed E-state index contributed by atoms with van der Waals surface area (Å²) >= 11 is 0. The zero-order chi connectivity index (χ0) is 9.90. The van der Waals surface area contributed by atoms with Crippen LogP contribution in [-0.4, -0.2) is 36.7 Å². The summed E-state index contributed by atoms with van der Waals surface area (Å²) in [5.74, 6) is -0.406. The molecule has 76 valence electrons. The van der Waals surface area contributed by atoms with Crippen molar-refractivity contribution in [2.75, 3.05) is 20.2 Å². The van der Waals surface area contributed by atoms with Gasteiger partial charge in [0.15, 0.2) is 5.72 Å². The van der Waals surface area contributed by atoms with E-state index < -0.39 is 11.6 Å². The standard InChI is InChI=1S/C9H18N2O2/c1-9(13-2,8(10)12)11-6-4-3-5-7-11/h3-7H2,1-2H3,(H2,10,12). The lowest BCUT2D eigenvalue weighted by atomic mass is 10.1. The summed E-state index contributed by atoms with van der Waals surface area (Å²) in [5.41, 5.74) is 4.39. The van der Waals surface area contributed by atoms with E-state index in [1.165, 1.54) is 13.5 Å². The van der Waals surface area contributed by atoms with Crippen molar-refractivity contribution in [1.29, 1.82) is 0 Å². The molecule has 1 saturated heterocycles. The zero-order valence-corrected chi connectivity index (χ0v) is 8.38. The number of hydrogen-bond acceptors (Lipinski definition) is 3. The summed E-state index contributed by atoms with van der Waals surface area (Å²) in [6.07, 6.45) is 3.47.